The molecule has 6 heteroatoms. The molecule has 0 aliphatic rings. The summed E-state index contributed by atoms with van der Waals surface area (Å²) in [7, 11) is 0. The van der Waals surface area contributed by atoms with Gasteiger partial charge in [-0.1, -0.05) is 0 Å². The van der Waals surface area contributed by atoms with Crippen LogP contribution in [0.1, 0.15) is 28.0 Å². The van der Waals surface area contributed by atoms with Crippen LogP contribution in [0.15, 0.2) is 29.8 Å². The van der Waals surface area contributed by atoms with E-state index in [1.807, 2.05) is 30.5 Å². The second kappa shape index (κ2) is 6.27. The Morgan fingerprint density at radius 1 is 1.41 bits per heavy atom. The Labute approximate surface area is 133 Å². The highest BCUT2D eigenvalue weighted by atomic mass is 32.1. The zero-order valence-electron chi connectivity index (χ0n) is 12.7. The first-order chi connectivity index (χ1) is 10.7. The molecule has 0 spiro atoms. The molecule has 0 saturated carbocycles. The number of hydrogen-bond acceptors (Lipinski definition) is 4. The van der Waals surface area contributed by atoms with E-state index in [2.05, 4.69) is 26.8 Å². The van der Waals surface area contributed by atoms with Crippen LogP contribution in [0, 0.1) is 6.92 Å². The fourth-order valence-corrected chi connectivity index (χ4v) is 3.34. The minimum absolute atomic E-state index is 0.00946. The first-order valence-electron chi connectivity index (χ1n) is 7.33. The van der Waals surface area contributed by atoms with E-state index in [-0.39, 0.29) is 5.91 Å². The van der Waals surface area contributed by atoms with Gasteiger partial charge >= 0.3 is 0 Å². The van der Waals surface area contributed by atoms with E-state index >= 15 is 0 Å². The van der Waals surface area contributed by atoms with Crippen molar-refractivity contribution in [3.8, 4) is 0 Å². The van der Waals surface area contributed by atoms with Crippen LogP contribution in [-0.4, -0.2) is 27.0 Å². The number of nitrogens with zero attached hydrogens (tertiary/aromatic N) is 3. The molecule has 3 heterocycles. The predicted molar refractivity (Wildman–Crippen MR) is 88.3 cm³/mol. The van der Waals surface area contributed by atoms with Gasteiger partial charge in [0.15, 0.2) is 5.65 Å². The standard InChI is InChI=1S/C16H18N4OS/c1-3-20-13(19-12-5-4-8-17-15(12)20)6-9-18-16(21)14-11(2)7-10-22-14/h4-5,7-8,10H,3,6,9H2,1-2H3,(H,18,21). The van der Waals surface area contributed by atoms with Crippen molar-refractivity contribution >= 4 is 28.4 Å². The molecule has 0 aliphatic heterocycles. The quantitative estimate of drug-likeness (QED) is 0.788. The van der Waals surface area contributed by atoms with Gasteiger partial charge in [-0.25, -0.2) is 9.97 Å². The maximum Gasteiger partial charge on any atom is 0.261 e. The predicted octanol–water partition coefficient (Wildman–Crippen LogP) is 2.79. The molecule has 1 amide bonds. The van der Waals surface area contributed by atoms with Gasteiger partial charge in [0.2, 0.25) is 0 Å². The summed E-state index contributed by atoms with van der Waals surface area (Å²) in [4.78, 5) is 21.9. The monoisotopic (exact) mass is 314 g/mol. The fraction of sp³-hybridized carbons (Fsp3) is 0.312. The lowest BCUT2D eigenvalue weighted by molar-refractivity contribution is 0.0957. The summed E-state index contributed by atoms with van der Waals surface area (Å²) in [6, 6.07) is 5.81. The summed E-state index contributed by atoms with van der Waals surface area (Å²) < 4.78 is 2.10. The Bertz CT molecular complexity index is 805. The average Bonchev–Trinajstić information content (AvgIpc) is 3.10. The molecule has 0 fully saturated rings. The Morgan fingerprint density at radius 2 is 2.27 bits per heavy atom. The first-order valence-corrected chi connectivity index (χ1v) is 8.21. The molecule has 1 N–H and O–H groups in total. The number of aryl methyl sites for hydroxylation is 2. The molecule has 5 nitrogen and oxygen atoms in total. The van der Waals surface area contributed by atoms with E-state index in [1.165, 1.54) is 11.3 Å². The van der Waals surface area contributed by atoms with E-state index in [4.69, 9.17) is 0 Å². The van der Waals surface area contributed by atoms with Crippen molar-refractivity contribution in [2.75, 3.05) is 6.54 Å². The van der Waals surface area contributed by atoms with Gasteiger partial charge in [0.25, 0.3) is 5.91 Å². The topological polar surface area (TPSA) is 59.8 Å². The summed E-state index contributed by atoms with van der Waals surface area (Å²) >= 11 is 1.47. The number of carbonyl (C=O) groups excluding carboxylic acids is 1. The van der Waals surface area contributed by atoms with Crippen LogP contribution in [0.3, 0.4) is 0 Å². The molecule has 0 aliphatic carbocycles. The van der Waals surface area contributed by atoms with Crippen molar-refractivity contribution < 1.29 is 4.79 Å². The molecule has 0 aromatic carbocycles. The molecule has 0 atom stereocenters. The van der Waals surface area contributed by atoms with Crippen LogP contribution in [0.2, 0.25) is 0 Å². The number of nitrogens with one attached hydrogen (secondary N) is 1. The number of aromatic nitrogens is 3. The Balaban J connectivity index is 1.69. The van der Waals surface area contributed by atoms with E-state index in [1.54, 1.807) is 6.20 Å². The normalized spacial score (nSPS) is 11.0. The minimum atomic E-state index is -0.00946. The van der Waals surface area contributed by atoms with E-state index in [9.17, 15) is 4.79 Å². The molecule has 3 rings (SSSR count). The van der Waals surface area contributed by atoms with Crippen LogP contribution in [0.5, 0.6) is 0 Å². The molecule has 0 bridgehead atoms. The van der Waals surface area contributed by atoms with E-state index in [0.29, 0.717) is 13.0 Å². The maximum absolute atomic E-state index is 12.1. The fourth-order valence-electron chi connectivity index (χ4n) is 2.50. The number of imidazole rings is 1. The summed E-state index contributed by atoms with van der Waals surface area (Å²) in [5, 5.41) is 4.90. The highest BCUT2D eigenvalue weighted by Crippen LogP contribution is 2.16. The largest absolute Gasteiger partial charge is 0.351 e. The molecule has 3 aromatic rings. The summed E-state index contributed by atoms with van der Waals surface area (Å²) in [5.41, 5.74) is 2.83. The van der Waals surface area contributed by atoms with Gasteiger partial charge in [-0.05, 0) is 43.0 Å². The van der Waals surface area contributed by atoms with Gasteiger partial charge in [-0.3, -0.25) is 4.79 Å². The average molecular weight is 314 g/mol. The highest BCUT2D eigenvalue weighted by Gasteiger charge is 2.12. The van der Waals surface area contributed by atoms with Crippen molar-refractivity contribution in [1.29, 1.82) is 0 Å². The molecule has 114 valence electrons. The van der Waals surface area contributed by atoms with Crippen LogP contribution >= 0.6 is 11.3 Å². The number of thiophene rings is 1. The third-order valence-electron chi connectivity index (χ3n) is 3.60. The number of carbonyl (C=O) groups is 1. The van der Waals surface area contributed by atoms with Gasteiger partial charge in [0.1, 0.15) is 11.3 Å². The van der Waals surface area contributed by atoms with Crippen molar-refractivity contribution in [2.24, 2.45) is 0 Å². The zero-order valence-corrected chi connectivity index (χ0v) is 13.5. The third-order valence-corrected chi connectivity index (χ3v) is 4.62. The van der Waals surface area contributed by atoms with Gasteiger partial charge in [-0.15, -0.1) is 11.3 Å². The number of rotatable bonds is 5. The van der Waals surface area contributed by atoms with Gasteiger partial charge in [-0.2, -0.15) is 0 Å². The smallest absolute Gasteiger partial charge is 0.261 e. The highest BCUT2D eigenvalue weighted by molar-refractivity contribution is 7.12. The Kier molecular flexibility index (Phi) is 4.20. The number of pyridine rings is 1. The van der Waals surface area contributed by atoms with Crippen molar-refractivity contribution in [3.63, 3.8) is 0 Å². The van der Waals surface area contributed by atoms with E-state index < -0.39 is 0 Å². The lowest BCUT2D eigenvalue weighted by atomic mass is 10.3. The summed E-state index contributed by atoms with van der Waals surface area (Å²) in [5.74, 6) is 0.948. The van der Waals surface area contributed by atoms with E-state index in [0.717, 1.165) is 34.0 Å². The summed E-state index contributed by atoms with van der Waals surface area (Å²) in [6.45, 7) is 5.42. The second-order valence-corrected chi connectivity index (χ2v) is 5.97. The lowest BCUT2D eigenvalue weighted by Crippen LogP contribution is -2.26. The van der Waals surface area contributed by atoms with Crippen molar-refractivity contribution in [3.05, 3.63) is 46.0 Å². The Hall–Kier alpha value is -2.21. The van der Waals surface area contributed by atoms with Crippen molar-refractivity contribution in [1.82, 2.24) is 19.9 Å². The second-order valence-electron chi connectivity index (χ2n) is 5.06. The molecule has 0 radical (unpaired) electrons. The van der Waals surface area contributed by atoms with Crippen LogP contribution in [0.4, 0.5) is 0 Å². The molecule has 0 saturated heterocycles. The molecule has 22 heavy (non-hydrogen) atoms. The van der Waals surface area contributed by atoms with Crippen molar-refractivity contribution in [2.45, 2.75) is 26.8 Å². The molecule has 3 aromatic heterocycles. The molecule has 0 unspecified atom stereocenters. The Morgan fingerprint density at radius 3 is 3.00 bits per heavy atom. The zero-order chi connectivity index (χ0) is 15.5. The molecular formula is C16H18N4OS. The van der Waals surface area contributed by atoms with Crippen LogP contribution < -0.4 is 5.32 Å². The number of hydrogen-bond donors (Lipinski definition) is 1. The number of fused-ring (bicyclic) bond motifs is 1. The van der Waals surface area contributed by atoms with Crippen LogP contribution in [0.25, 0.3) is 11.2 Å². The third kappa shape index (κ3) is 2.74. The maximum atomic E-state index is 12.1. The minimum Gasteiger partial charge on any atom is -0.351 e. The van der Waals surface area contributed by atoms with Gasteiger partial charge < -0.3 is 9.88 Å². The van der Waals surface area contributed by atoms with Gasteiger partial charge in [0.05, 0.1) is 4.88 Å². The van der Waals surface area contributed by atoms with Gasteiger partial charge in [0, 0.05) is 25.7 Å². The lowest BCUT2D eigenvalue weighted by Gasteiger charge is -2.07. The molecular weight excluding hydrogens is 296 g/mol. The number of amides is 1. The SMILES string of the molecule is CCn1c(CCNC(=O)c2sccc2C)nc2cccnc21. The first kappa shape index (κ1) is 14.7. The summed E-state index contributed by atoms with van der Waals surface area (Å²) in [6.07, 6.45) is 2.47. The van der Waals surface area contributed by atoms with Crippen LogP contribution in [-0.2, 0) is 13.0 Å².